The van der Waals surface area contributed by atoms with Gasteiger partial charge in [-0.05, 0) is 48.4 Å². The number of benzene rings is 2. The minimum Gasteiger partial charge on any atom is -0.481 e. The fourth-order valence-corrected chi connectivity index (χ4v) is 5.17. The fraction of sp³-hybridized carbons (Fsp3) is 0.417. The van der Waals surface area contributed by atoms with Gasteiger partial charge in [-0.1, -0.05) is 54.1 Å². The first-order valence-electron chi connectivity index (χ1n) is 10.4. The molecule has 1 aliphatic carbocycles. The molecule has 2 fully saturated rings. The summed E-state index contributed by atoms with van der Waals surface area (Å²) in [6.45, 7) is 3.96. The maximum atomic E-state index is 12.1. The van der Waals surface area contributed by atoms with Crippen LogP contribution in [0.3, 0.4) is 0 Å². The summed E-state index contributed by atoms with van der Waals surface area (Å²) in [6, 6.07) is 17.3. The van der Waals surface area contributed by atoms with Crippen molar-refractivity contribution >= 4 is 23.5 Å². The Bertz CT molecular complexity index is 923. The van der Waals surface area contributed by atoms with Crippen molar-refractivity contribution in [3.05, 3.63) is 70.7 Å². The van der Waals surface area contributed by atoms with E-state index >= 15 is 0 Å². The molecule has 2 aromatic carbocycles. The number of rotatable bonds is 6. The van der Waals surface area contributed by atoms with Crippen molar-refractivity contribution < 1.29 is 14.7 Å². The maximum Gasteiger partial charge on any atom is 0.314 e. The Balaban J connectivity index is 1.45. The molecule has 1 aliphatic heterocycles. The SMILES string of the molecule is CC(=O)NC1(c2ccccc2)CCN(C[C@@H]2C[C@@]2(C(=O)O)c2ccc(Cl)cc2)CC1. The Morgan fingerprint density at radius 3 is 2.27 bits per heavy atom. The van der Waals surface area contributed by atoms with Crippen molar-refractivity contribution in [2.75, 3.05) is 19.6 Å². The number of nitrogens with one attached hydrogen (secondary N) is 1. The number of amides is 1. The quantitative estimate of drug-likeness (QED) is 0.736. The molecule has 1 saturated heterocycles. The van der Waals surface area contributed by atoms with Crippen LogP contribution in [0, 0.1) is 5.92 Å². The molecule has 0 unspecified atom stereocenters. The van der Waals surface area contributed by atoms with Gasteiger partial charge in [0.1, 0.15) is 0 Å². The number of carbonyl (C=O) groups excluding carboxylic acids is 1. The molecule has 158 valence electrons. The molecular formula is C24H27ClN2O3. The summed E-state index contributed by atoms with van der Waals surface area (Å²) in [6.07, 6.45) is 2.27. The third-order valence-corrected chi connectivity index (χ3v) is 7.03. The summed E-state index contributed by atoms with van der Waals surface area (Å²) >= 11 is 5.98. The number of hydrogen-bond acceptors (Lipinski definition) is 3. The normalized spacial score (nSPS) is 25.5. The number of hydrogen-bond donors (Lipinski definition) is 2. The largest absolute Gasteiger partial charge is 0.481 e. The second-order valence-corrected chi connectivity index (χ2v) is 9.05. The number of carbonyl (C=O) groups is 2. The zero-order valence-corrected chi connectivity index (χ0v) is 17.9. The van der Waals surface area contributed by atoms with Gasteiger partial charge >= 0.3 is 5.97 Å². The van der Waals surface area contributed by atoms with E-state index in [4.69, 9.17) is 11.6 Å². The lowest BCUT2D eigenvalue weighted by atomic mass is 9.80. The van der Waals surface area contributed by atoms with Gasteiger partial charge in [0.15, 0.2) is 0 Å². The van der Waals surface area contributed by atoms with Crippen molar-refractivity contribution in [2.24, 2.45) is 5.92 Å². The number of likely N-dealkylation sites (tertiary alicyclic amines) is 1. The van der Waals surface area contributed by atoms with E-state index in [0.29, 0.717) is 11.4 Å². The maximum absolute atomic E-state index is 12.1. The van der Waals surface area contributed by atoms with Crippen LogP contribution in [0.5, 0.6) is 0 Å². The number of nitrogens with zero attached hydrogens (tertiary/aromatic N) is 1. The van der Waals surface area contributed by atoms with Crippen LogP contribution in [0.4, 0.5) is 0 Å². The molecule has 2 aromatic rings. The average molecular weight is 427 g/mol. The van der Waals surface area contributed by atoms with E-state index in [9.17, 15) is 14.7 Å². The smallest absolute Gasteiger partial charge is 0.314 e. The van der Waals surface area contributed by atoms with E-state index in [1.54, 1.807) is 19.1 Å². The van der Waals surface area contributed by atoms with Crippen LogP contribution in [-0.4, -0.2) is 41.5 Å². The molecule has 1 heterocycles. The zero-order chi connectivity index (χ0) is 21.4. The summed E-state index contributed by atoms with van der Waals surface area (Å²) in [5.41, 5.74) is 0.800. The van der Waals surface area contributed by atoms with E-state index < -0.39 is 11.4 Å². The van der Waals surface area contributed by atoms with Crippen molar-refractivity contribution in [1.29, 1.82) is 0 Å². The van der Waals surface area contributed by atoms with Crippen molar-refractivity contribution in [1.82, 2.24) is 10.2 Å². The molecule has 0 bridgehead atoms. The van der Waals surface area contributed by atoms with Crippen molar-refractivity contribution in [3.8, 4) is 0 Å². The van der Waals surface area contributed by atoms with Crippen molar-refractivity contribution in [3.63, 3.8) is 0 Å². The Kier molecular flexibility index (Phi) is 5.60. The predicted molar refractivity (Wildman–Crippen MR) is 116 cm³/mol. The van der Waals surface area contributed by atoms with E-state index in [1.807, 2.05) is 30.3 Å². The first-order chi connectivity index (χ1) is 14.4. The van der Waals surface area contributed by atoms with E-state index in [-0.39, 0.29) is 17.4 Å². The minimum atomic E-state index is -0.809. The first kappa shape index (κ1) is 20.9. The molecular weight excluding hydrogens is 400 g/mol. The van der Waals surface area contributed by atoms with Crippen molar-refractivity contribution in [2.45, 2.75) is 37.1 Å². The Morgan fingerprint density at radius 1 is 1.07 bits per heavy atom. The highest BCUT2D eigenvalue weighted by Crippen LogP contribution is 2.55. The van der Waals surface area contributed by atoms with Gasteiger partial charge in [0.2, 0.25) is 5.91 Å². The molecule has 2 aliphatic rings. The van der Waals surface area contributed by atoms with E-state index in [2.05, 4.69) is 22.3 Å². The number of halogens is 1. The molecule has 2 N–H and O–H groups in total. The third-order valence-electron chi connectivity index (χ3n) is 6.78. The van der Waals surface area contributed by atoms with Gasteiger partial charge in [0, 0.05) is 31.6 Å². The predicted octanol–water partition coefficient (Wildman–Crippen LogP) is 3.81. The summed E-state index contributed by atoms with van der Waals surface area (Å²) in [4.78, 5) is 26.4. The van der Waals surface area contributed by atoms with Gasteiger partial charge in [-0.15, -0.1) is 0 Å². The van der Waals surface area contributed by atoms with Crippen LogP contribution in [0.15, 0.2) is 54.6 Å². The lowest BCUT2D eigenvalue weighted by Gasteiger charge is -2.43. The molecule has 4 rings (SSSR count). The number of aliphatic carboxylic acids is 1. The standard InChI is InChI=1S/C24H27ClN2O3/c1-17(28)26-23(18-5-3-2-4-6-18)11-13-27(14-12-23)16-20-15-24(20,22(29)30)19-7-9-21(25)10-8-19/h2-10,20H,11-16H2,1H3,(H,26,28)(H,29,30)/t20-,24+/m0/s1. The Labute approximate surface area is 182 Å². The summed E-state index contributed by atoms with van der Waals surface area (Å²) in [5, 5.41) is 13.8. The molecule has 6 heteroatoms. The molecule has 0 spiro atoms. The number of piperidine rings is 1. The fourth-order valence-electron chi connectivity index (χ4n) is 5.05. The second kappa shape index (κ2) is 8.05. The van der Waals surface area contributed by atoms with Gasteiger partial charge in [-0.25, -0.2) is 0 Å². The number of carboxylic acids is 1. The molecule has 1 amide bonds. The highest BCUT2D eigenvalue weighted by molar-refractivity contribution is 6.30. The lowest BCUT2D eigenvalue weighted by Crippen LogP contribution is -2.53. The average Bonchev–Trinajstić information content (AvgIpc) is 3.45. The minimum absolute atomic E-state index is 0.0258. The van der Waals surface area contributed by atoms with Crippen LogP contribution < -0.4 is 5.32 Å². The van der Waals surface area contributed by atoms with E-state index in [1.165, 1.54) is 0 Å². The molecule has 0 aromatic heterocycles. The molecule has 1 saturated carbocycles. The summed E-state index contributed by atoms with van der Waals surface area (Å²) in [5.74, 6) is -0.702. The molecule has 0 radical (unpaired) electrons. The highest BCUT2D eigenvalue weighted by atomic mass is 35.5. The van der Waals surface area contributed by atoms with Gasteiger partial charge in [0.05, 0.1) is 11.0 Å². The van der Waals surface area contributed by atoms with Gasteiger partial charge in [-0.3, -0.25) is 9.59 Å². The molecule has 5 nitrogen and oxygen atoms in total. The van der Waals surface area contributed by atoms with E-state index in [0.717, 1.165) is 43.6 Å². The zero-order valence-electron chi connectivity index (χ0n) is 17.1. The van der Waals surface area contributed by atoms with Crippen LogP contribution in [0.25, 0.3) is 0 Å². The summed E-state index contributed by atoms with van der Waals surface area (Å²) in [7, 11) is 0. The van der Waals surface area contributed by atoms with Crippen LogP contribution >= 0.6 is 11.6 Å². The monoisotopic (exact) mass is 426 g/mol. The Hall–Kier alpha value is -2.37. The Morgan fingerprint density at radius 2 is 1.70 bits per heavy atom. The van der Waals surface area contributed by atoms with Gasteiger partial charge < -0.3 is 15.3 Å². The van der Waals surface area contributed by atoms with Crippen LogP contribution in [0.2, 0.25) is 5.02 Å². The molecule has 30 heavy (non-hydrogen) atoms. The highest BCUT2D eigenvalue weighted by Gasteiger charge is 2.61. The lowest BCUT2D eigenvalue weighted by molar-refractivity contribution is -0.140. The third kappa shape index (κ3) is 3.84. The topological polar surface area (TPSA) is 69.6 Å². The second-order valence-electron chi connectivity index (χ2n) is 8.61. The van der Waals surface area contributed by atoms with Gasteiger partial charge in [0.25, 0.3) is 0 Å². The van der Waals surface area contributed by atoms with Crippen LogP contribution in [0.1, 0.15) is 37.3 Å². The van der Waals surface area contributed by atoms with Gasteiger partial charge in [-0.2, -0.15) is 0 Å². The molecule has 2 atom stereocenters. The van der Waals surface area contributed by atoms with Crippen LogP contribution in [-0.2, 0) is 20.5 Å². The number of carboxylic acid groups (broad SMARTS) is 1. The first-order valence-corrected chi connectivity index (χ1v) is 10.8. The summed E-state index contributed by atoms with van der Waals surface area (Å²) < 4.78 is 0.